The number of aromatic carboxylic acids is 1. The molecule has 0 aliphatic rings. The van der Waals surface area contributed by atoms with Crippen LogP contribution in [0.3, 0.4) is 0 Å². The molecule has 0 aliphatic carbocycles. The highest BCUT2D eigenvalue weighted by molar-refractivity contribution is 5.88. The molecule has 100 valence electrons. The van der Waals surface area contributed by atoms with Crippen molar-refractivity contribution in [2.75, 3.05) is 0 Å². The molecule has 6 heteroatoms. The Morgan fingerprint density at radius 1 is 1.37 bits per heavy atom. The van der Waals surface area contributed by atoms with Gasteiger partial charge in [-0.1, -0.05) is 0 Å². The van der Waals surface area contributed by atoms with E-state index in [2.05, 4.69) is 10.2 Å². The first kappa shape index (κ1) is 13.1. The van der Waals surface area contributed by atoms with Gasteiger partial charge in [0.2, 0.25) is 0 Å². The number of carboxylic acid groups (broad SMARTS) is 1. The van der Waals surface area contributed by atoms with Crippen molar-refractivity contribution >= 4 is 5.97 Å². The molecular weight excluding hydrogens is 246 g/mol. The van der Waals surface area contributed by atoms with Crippen LogP contribution in [0.4, 0.5) is 0 Å². The van der Waals surface area contributed by atoms with Crippen molar-refractivity contribution in [1.29, 1.82) is 0 Å². The Balaban J connectivity index is 2.21. The Kier molecular flexibility index (Phi) is 3.50. The Labute approximate surface area is 110 Å². The SMILES string of the molecule is Cc1cc(C(=O)O)cc(C)c1OCc1nncn1C. The highest BCUT2D eigenvalue weighted by Gasteiger charge is 2.11. The summed E-state index contributed by atoms with van der Waals surface area (Å²) in [5, 5.41) is 16.7. The highest BCUT2D eigenvalue weighted by Crippen LogP contribution is 2.25. The molecule has 0 saturated heterocycles. The molecule has 0 bridgehead atoms. The van der Waals surface area contributed by atoms with Crippen molar-refractivity contribution in [1.82, 2.24) is 14.8 Å². The molecule has 0 aliphatic heterocycles. The molecule has 2 aromatic rings. The topological polar surface area (TPSA) is 77.2 Å². The predicted octanol–water partition coefficient (Wildman–Crippen LogP) is 1.71. The molecule has 0 fully saturated rings. The Hall–Kier alpha value is -2.37. The number of benzene rings is 1. The number of carbonyl (C=O) groups is 1. The largest absolute Gasteiger partial charge is 0.485 e. The average molecular weight is 261 g/mol. The fourth-order valence-electron chi connectivity index (χ4n) is 1.88. The van der Waals surface area contributed by atoms with Gasteiger partial charge in [-0.15, -0.1) is 10.2 Å². The van der Waals surface area contributed by atoms with E-state index in [1.807, 2.05) is 20.9 Å². The van der Waals surface area contributed by atoms with E-state index < -0.39 is 5.97 Å². The molecule has 0 unspecified atom stereocenters. The van der Waals surface area contributed by atoms with E-state index in [0.717, 1.165) is 11.1 Å². The van der Waals surface area contributed by atoms with Crippen molar-refractivity contribution < 1.29 is 14.6 Å². The van der Waals surface area contributed by atoms with Gasteiger partial charge < -0.3 is 14.4 Å². The monoisotopic (exact) mass is 261 g/mol. The second kappa shape index (κ2) is 5.09. The summed E-state index contributed by atoms with van der Waals surface area (Å²) in [5.74, 6) is 0.458. The van der Waals surface area contributed by atoms with E-state index in [1.54, 1.807) is 23.0 Å². The van der Waals surface area contributed by atoms with Gasteiger partial charge in [-0.25, -0.2) is 4.79 Å². The zero-order valence-electron chi connectivity index (χ0n) is 11.0. The first-order valence-electron chi connectivity index (χ1n) is 5.79. The first-order chi connectivity index (χ1) is 8.99. The van der Waals surface area contributed by atoms with E-state index in [9.17, 15) is 4.79 Å². The molecule has 0 atom stereocenters. The number of nitrogens with zero attached hydrogens (tertiary/aromatic N) is 3. The van der Waals surface area contributed by atoms with Crippen LogP contribution < -0.4 is 4.74 Å². The van der Waals surface area contributed by atoms with E-state index >= 15 is 0 Å². The number of carboxylic acids is 1. The van der Waals surface area contributed by atoms with Crippen LogP contribution in [0.2, 0.25) is 0 Å². The van der Waals surface area contributed by atoms with Gasteiger partial charge in [0, 0.05) is 7.05 Å². The summed E-state index contributed by atoms with van der Waals surface area (Å²) in [6.45, 7) is 3.95. The fraction of sp³-hybridized carbons (Fsp3) is 0.308. The van der Waals surface area contributed by atoms with Crippen molar-refractivity contribution in [3.63, 3.8) is 0 Å². The van der Waals surface area contributed by atoms with Crippen LogP contribution in [0, 0.1) is 13.8 Å². The lowest BCUT2D eigenvalue weighted by Crippen LogP contribution is -2.06. The second-order valence-electron chi connectivity index (χ2n) is 4.39. The van der Waals surface area contributed by atoms with E-state index in [4.69, 9.17) is 9.84 Å². The highest BCUT2D eigenvalue weighted by atomic mass is 16.5. The second-order valence-corrected chi connectivity index (χ2v) is 4.39. The van der Waals surface area contributed by atoms with Crippen LogP contribution in [0.1, 0.15) is 27.3 Å². The molecule has 0 saturated carbocycles. The number of aromatic nitrogens is 3. The summed E-state index contributed by atoms with van der Waals surface area (Å²) >= 11 is 0. The van der Waals surface area contributed by atoms with Crippen molar-refractivity contribution in [3.05, 3.63) is 41.0 Å². The lowest BCUT2D eigenvalue weighted by Gasteiger charge is -2.12. The van der Waals surface area contributed by atoms with Gasteiger partial charge in [0.05, 0.1) is 5.56 Å². The molecule has 0 radical (unpaired) electrons. The third kappa shape index (κ3) is 2.73. The summed E-state index contributed by atoms with van der Waals surface area (Å²) < 4.78 is 7.49. The lowest BCUT2D eigenvalue weighted by atomic mass is 10.1. The summed E-state index contributed by atoms with van der Waals surface area (Å²) in [6, 6.07) is 3.20. The Morgan fingerprint density at radius 3 is 2.47 bits per heavy atom. The van der Waals surface area contributed by atoms with Crippen LogP contribution in [0.15, 0.2) is 18.5 Å². The fourth-order valence-corrected chi connectivity index (χ4v) is 1.88. The van der Waals surface area contributed by atoms with Gasteiger partial charge in [-0.05, 0) is 37.1 Å². The van der Waals surface area contributed by atoms with Crippen LogP contribution in [0.25, 0.3) is 0 Å². The van der Waals surface area contributed by atoms with Crippen LogP contribution in [-0.4, -0.2) is 25.8 Å². The molecule has 0 amide bonds. The standard InChI is InChI=1S/C13H15N3O3/c1-8-4-10(13(17)18)5-9(2)12(8)19-6-11-15-14-7-16(11)3/h4-5,7H,6H2,1-3H3,(H,17,18). The number of hydrogen-bond donors (Lipinski definition) is 1. The summed E-state index contributed by atoms with van der Waals surface area (Å²) in [4.78, 5) is 10.9. The average Bonchev–Trinajstić information content (AvgIpc) is 2.73. The zero-order chi connectivity index (χ0) is 14.0. The van der Waals surface area contributed by atoms with Gasteiger partial charge >= 0.3 is 5.97 Å². The first-order valence-corrected chi connectivity index (χ1v) is 5.79. The quantitative estimate of drug-likeness (QED) is 0.906. The minimum Gasteiger partial charge on any atom is -0.485 e. The minimum absolute atomic E-state index is 0.265. The molecule has 2 rings (SSSR count). The van der Waals surface area contributed by atoms with Crippen molar-refractivity contribution in [3.8, 4) is 5.75 Å². The Morgan fingerprint density at radius 2 is 2.00 bits per heavy atom. The van der Waals surface area contributed by atoms with Gasteiger partial charge in [0.25, 0.3) is 0 Å². The lowest BCUT2D eigenvalue weighted by molar-refractivity contribution is 0.0696. The van der Waals surface area contributed by atoms with E-state index in [-0.39, 0.29) is 5.56 Å². The van der Waals surface area contributed by atoms with E-state index in [0.29, 0.717) is 18.2 Å². The van der Waals surface area contributed by atoms with Gasteiger partial charge in [-0.2, -0.15) is 0 Å². The molecule has 1 N–H and O–H groups in total. The van der Waals surface area contributed by atoms with Crippen LogP contribution in [0.5, 0.6) is 5.75 Å². The molecule has 1 aromatic heterocycles. The zero-order valence-corrected chi connectivity index (χ0v) is 11.0. The normalized spacial score (nSPS) is 10.5. The maximum Gasteiger partial charge on any atom is 0.335 e. The Bertz CT molecular complexity index is 596. The molecule has 1 aromatic carbocycles. The number of rotatable bonds is 4. The number of hydrogen-bond acceptors (Lipinski definition) is 4. The van der Waals surface area contributed by atoms with Crippen molar-refractivity contribution in [2.24, 2.45) is 7.05 Å². The van der Waals surface area contributed by atoms with Crippen LogP contribution in [-0.2, 0) is 13.7 Å². The smallest absolute Gasteiger partial charge is 0.335 e. The summed E-state index contributed by atoms with van der Waals surface area (Å²) in [5.41, 5.74) is 1.85. The maximum atomic E-state index is 10.9. The van der Waals surface area contributed by atoms with Gasteiger partial charge in [-0.3, -0.25) is 0 Å². The van der Waals surface area contributed by atoms with Crippen molar-refractivity contribution in [2.45, 2.75) is 20.5 Å². The minimum atomic E-state index is -0.939. The molecule has 1 heterocycles. The molecule has 6 nitrogen and oxygen atoms in total. The molecule has 19 heavy (non-hydrogen) atoms. The maximum absolute atomic E-state index is 10.9. The van der Waals surface area contributed by atoms with Gasteiger partial charge in [0.15, 0.2) is 5.82 Å². The summed E-state index contributed by atoms with van der Waals surface area (Å²) in [6.07, 6.45) is 1.60. The predicted molar refractivity (Wildman–Crippen MR) is 68.2 cm³/mol. The van der Waals surface area contributed by atoms with E-state index in [1.165, 1.54) is 0 Å². The molecule has 0 spiro atoms. The summed E-state index contributed by atoms with van der Waals surface area (Å²) in [7, 11) is 1.84. The third-order valence-corrected chi connectivity index (χ3v) is 2.86. The number of aryl methyl sites for hydroxylation is 3. The third-order valence-electron chi connectivity index (χ3n) is 2.86. The van der Waals surface area contributed by atoms with Gasteiger partial charge in [0.1, 0.15) is 18.7 Å². The molecular formula is C13H15N3O3. The number of ether oxygens (including phenoxy) is 1. The van der Waals surface area contributed by atoms with Crippen LogP contribution >= 0.6 is 0 Å².